The van der Waals surface area contributed by atoms with E-state index in [4.69, 9.17) is 11.6 Å². The molecule has 0 saturated carbocycles. The van der Waals surface area contributed by atoms with Gasteiger partial charge >= 0.3 is 11.8 Å². The second kappa shape index (κ2) is 7.97. The first-order valence-corrected chi connectivity index (χ1v) is 7.08. The minimum absolute atomic E-state index is 0.0886. The predicted molar refractivity (Wildman–Crippen MR) is 88.9 cm³/mol. The molecule has 2 N–H and O–H groups in total. The summed E-state index contributed by atoms with van der Waals surface area (Å²) in [6.45, 7) is 0. The molecule has 0 saturated heterocycles. The average molecular weight is 365 g/mol. The van der Waals surface area contributed by atoms with Crippen LogP contribution in [-0.4, -0.2) is 23.0 Å². The Balaban J connectivity index is 1.93. The third-order valence-electron chi connectivity index (χ3n) is 2.86. The summed E-state index contributed by atoms with van der Waals surface area (Å²) < 4.78 is 12.8. The van der Waals surface area contributed by atoms with Gasteiger partial charge in [0.05, 0.1) is 11.1 Å². The lowest BCUT2D eigenvalue weighted by Gasteiger charge is -2.03. The van der Waals surface area contributed by atoms with Crippen molar-refractivity contribution in [1.29, 1.82) is 0 Å². The highest BCUT2D eigenvalue weighted by atomic mass is 35.5. The van der Waals surface area contributed by atoms with E-state index in [1.54, 1.807) is 0 Å². The van der Waals surface area contributed by atoms with Gasteiger partial charge in [0.15, 0.2) is 0 Å². The van der Waals surface area contributed by atoms with Crippen molar-refractivity contribution < 1.29 is 18.9 Å². The fraction of sp³-hybridized carbons (Fsp3) is 0. The third kappa shape index (κ3) is 5.08. The molecule has 0 fully saturated rings. The van der Waals surface area contributed by atoms with Gasteiger partial charge in [0, 0.05) is 11.8 Å². The molecule has 0 spiro atoms. The second-order valence-electron chi connectivity index (χ2n) is 4.63. The van der Waals surface area contributed by atoms with Crippen molar-refractivity contribution in [2.75, 3.05) is 5.32 Å². The lowest BCUT2D eigenvalue weighted by atomic mass is 10.2. The van der Waals surface area contributed by atoms with E-state index in [1.165, 1.54) is 36.5 Å². The summed E-state index contributed by atoms with van der Waals surface area (Å²) in [4.78, 5) is 33.2. The van der Waals surface area contributed by atoms with Crippen LogP contribution >= 0.6 is 11.6 Å². The number of nitrogens with one attached hydrogen (secondary N) is 2. The van der Waals surface area contributed by atoms with Crippen molar-refractivity contribution in [3.8, 4) is 0 Å². The molecule has 0 aromatic heterocycles. The summed E-state index contributed by atoms with van der Waals surface area (Å²) in [5, 5.41) is 16.4. The number of nitro groups is 1. The zero-order valence-electron chi connectivity index (χ0n) is 12.4. The van der Waals surface area contributed by atoms with Crippen LogP contribution in [0.2, 0.25) is 5.02 Å². The zero-order chi connectivity index (χ0) is 18.4. The highest BCUT2D eigenvalue weighted by Gasteiger charge is 2.13. The highest BCUT2D eigenvalue weighted by molar-refractivity contribution is 6.39. The Morgan fingerprint density at radius 1 is 1.16 bits per heavy atom. The van der Waals surface area contributed by atoms with Crippen LogP contribution in [0.4, 0.5) is 15.8 Å². The Kier molecular flexibility index (Phi) is 5.75. The van der Waals surface area contributed by atoms with Gasteiger partial charge in [-0.3, -0.25) is 19.7 Å². The second-order valence-corrected chi connectivity index (χ2v) is 5.04. The molecule has 0 radical (unpaired) electrons. The largest absolute Gasteiger partial charge is 0.329 e. The lowest BCUT2D eigenvalue weighted by molar-refractivity contribution is -0.384. The summed E-state index contributed by atoms with van der Waals surface area (Å²) in [6.07, 6.45) is 1.17. The monoisotopic (exact) mass is 364 g/mol. The van der Waals surface area contributed by atoms with Gasteiger partial charge in [-0.1, -0.05) is 11.6 Å². The Bertz CT molecular complexity index is 855. The molecule has 8 nitrogen and oxygen atoms in total. The first kappa shape index (κ1) is 18.0. The van der Waals surface area contributed by atoms with Crippen molar-refractivity contribution in [3.05, 3.63) is 69.0 Å². The van der Waals surface area contributed by atoms with Gasteiger partial charge < -0.3 is 5.32 Å². The number of nitrogens with zero attached hydrogens (tertiary/aromatic N) is 2. The van der Waals surface area contributed by atoms with Crippen LogP contribution in [0, 0.1) is 15.9 Å². The Labute approximate surface area is 145 Å². The molecule has 25 heavy (non-hydrogen) atoms. The maximum atomic E-state index is 12.8. The molecule has 128 valence electrons. The summed E-state index contributed by atoms with van der Waals surface area (Å²) in [7, 11) is 0. The number of hydrogen-bond donors (Lipinski definition) is 2. The number of hydrogen-bond acceptors (Lipinski definition) is 5. The molecule has 2 aromatic carbocycles. The molecule has 0 aliphatic heterocycles. The highest BCUT2D eigenvalue weighted by Crippen LogP contribution is 2.24. The van der Waals surface area contributed by atoms with Gasteiger partial charge in [0.2, 0.25) is 0 Å². The van der Waals surface area contributed by atoms with Crippen LogP contribution in [0.3, 0.4) is 0 Å². The van der Waals surface area contributed by atoms with E-state index in [0.717, 1.165) is 12.1 Å². The molecule has 2 aromatic rings. The summed E-state index contributed by atoms with van der Waals surface area (Å²) in [5.41, 5.74) is 2.35. The third-order valence-corrected chi connectivity index (χ3v) is 3.16. The molecule has 10 heteroatoms. The molecule has 2 amide bonds. The van der Waals surface area contributed by atoms with Crippen LogP contribution in [0.5, 0.6) is 0 Å². The molecule has 0 aliphatic rings. The Morgan fingerprint density at radius 3 is 2.44 bits per heavy atom. The zero-order valence-corrected chi connectivity index (χ0v) is 13.2. The molecule has 2 rings (SSSR count). The fourth-order valence-electron chi connectivity index (χ4n) is 1.69. The van der Waals surface area contributed by atoms with Crippen molar-refractivity contribution >= 4 is 41.0 Å². The number of carbonyl (C=O) groups is 2. The topological polar surface area (TPSA) is 114 Å². The minimum Gasteiger partial charge on any atom is -0.318 e. The molecular weight excluding hydrogens is 355 g/mol. The number of amides is 2. The van der Waals surface area contributed by atoms with Gasteiger partial charge in [-0.2, -0.15) is 5.10 Å². The summed E-state index contributed by atoms with van der Waals surface area (Å²) >= 11 is 5.74. The van der Waals surface area contributed by atoms with E-state index in [9.17, 15) is 24.1 Å². The molecule has 0 unspecified atom stereocenters. The first-order valence-electron chi connectivity index (χ1n) is 6.70. The fourth-order valence-corrected chi connectivity index (χ4v) is 1.95. The average Bonchev–Trinajstić information content (AvgIpc) is 2.56. The van der Waals surface area contributed by atoms with Crippen molar-refractivity contribution in [3.63, 3.8) is 0 Å². The molecular formula is C15H10ClFN4O4. The lowest BCUT2D eigenvalue weighted by Crippen LogP contribution is -2.32. The maximum Gasteiger partial charge on any atom is 0.329 e. The minimum atomic E-state index is -1.05. The van der Waals surface area contributed by atoms with E-state index >= 15 is 0 Å². The van der Waals surface area contributed by atoms with E-state index in [2.05, 4.69) is 10.4 Å². The van der Waals surface area contributed by atoms with Crippen LogP contribution < -0.4 is 10.7 Å². The van der Waals surface area contributed by atoms with Gasteiger partial charge in [-0.05, 0) is 42.0 Å². The standard InChI is InChI=1S/C15H10ClFN4O4/c16-12-7-9(1-6-13(12)21(24)25)8-18-20-15(23)14(22)19-11-4-2-10(17)3-5-11/h1-8H,(H,19,22)(H,20,23)/b18-8+. The smallest absolute Gasteiger partial charge is 0.318 e. The Morgan fingerprint density at radius 2 is 1.84 bits per heavy atom. The van der Waals surface area contributed by atoms with Crippen LogP contribution in [-0.2, 0) is 9.59 Å². The number of halogens is 2. The van der Waals surface area contributed by atoms with E-state index < -0.39 is 22.6 Å². The van der Waals surface area contributed by atoms with E-state index in [-0.39, 0.29) is 16.4 Å². The number of carbonyl (C=O) groups excluding carboxylic acids is 2. The van der Waals surface area contributed by atoms with Gasteiger partial charge in [0.1, 0.15) is 10.8 Å². The maximum absolute atomic E-state index is 12.8. The summed E-state index contributed by atoms with van der Waals surface area (Å²) in [5.74, 6) is -2.52. The predicted octanol–water partition coefficient (Wildman–Crippen LogP) is 2.48. The van der Waals surface area contributed by atoms with Crippen molar-refractivity contribution in [2.45, 2.75) is 0 Å². The van der Waals surface area contributed by atoms with E-state index in [0.29, 0.717) is 5.56 Å². The van der Waals surface area contributed by atoms with Gasteiger partial charge in [0.25, 0.3) is 5.69 Å². The number of benzene rings is 2. The summed E-state index contributed by atoms with van der Waals surface area (Å²) in [6, 6.07) is 8.69. The Hall–Kier alpha value is -3.33. The number of anilines is 1. The van der Waals surface area contributed by atoms with Crippen molar-refractivity contribution in [2.24, 2.45) is 5.10 Å². The van der Waals surface area contributed by atoms with Crippen LogP contribution in [0.1, 0.15) is 5.56 Å². The quantitative estimate of drug-likeness (QED) is 0.375. The SMILES string of the molecule is O=C(N/N=C/c1ccc([N+](=O)[O-])c(Cl)c1)C(=O)Nc1ccc(F)cc1. The van der Waals surface area contributed by atoms with E-state index in [1.807, 2.05) is 5.43 Å². The normalized spacial score (nSPS) is 10.5. The van der Waals surface area contributed by atoms with Crippen LogP contribution in [0.25, 0.3) is 0 Å². The number of rotatable bonds is 4. The number of nitro benzene ring substituents is 1. The van der Waals surface area contributed by atoms with Gasteiger partial charge in [-0.25, -0.2) is 9.82 Å². The molecule has 0 heterocycles. The molecule has 0 bridgehead atoms. The van der Waals surface area contributed by atoms with Crippen molar-refractivity contribution in [1.82, 2.24) is 5.43 Å². The first-order chi connectivity index (χ1) is 11.9. The molecule has 0 atom stereocenters. The number of hydrazone groups is 1. The van der Waals surface area contributed by atoms with Crippen LogP contribution in [0.15, 0.2) is 47.6 Å². The van der Waals surface area contributed by atoms with Gasteiger partial charge in [-0.15, -0.1) is 0 Å². The molecule has 0 aliphatic carbocycles.